The zero-order valence-corrected chi connectivity index (χ0v) is 23.2. The van der Waals surface area contributed by atoms with Crippen LogP contribution in [0.5, 0.6) is 0 Å². The highest BCUT2D eigenvalue weighted by atomic mass is 16.5. The Labute approximate surface area is 209 Å². The van der Waals surface area contributed by atoms with E-state index in [1.54, 1.807) is 0 Å². The third-order valence-corrected chi connectivity index (χ3v) is 8.15. The van der Waals surface area contributed by atoms with E-state index in [0.717, 1.165) is 25.7 Å². The molecule has 6 heteroatoms. The van der Waals surface area contributed by atoms with Crippen LogP contribution in [-0.2, 0) is 19.1 Å². The molecule has 0 radical (unpaired) electrons. The van der Waals surface area contributed by atoms with E-state index in [-0.39, 0.29) is 37.2 Å². The fraction of sp³-hybridized carbons (Fsp3) is 0.929. The van der Waals surface area contributed by atoms with E-state index in [9.17, 15) is 9.59 Å². The summed E-state index contributed by atoms with van der Waals surface area (Å²) in [5, 5.41) is 0. The molecule has 0 aromatic carbocycles. The molecule has 2 aliphatic carbocycles. The highest BCUT2D eigenvalue weighted by Gasteiger charge is 2.34. The van der Waals surface area contributed by atoms with Crippen molar-refractivity contribution in [1.29, 1.82) is 0 Å². The van der Waals surface area contributed by atoms with Crippen LogP contribution in [0.1, 0.15) is 80.1 Å². The summed E-state index contributed by atoms with van der Waals surface area (Å²) in [7, 11) is 3.88. The number of likely N-dealkylation sites (N-methyl/N-ethyl adjacent to an activating group) is 2. The van der Waals surface area contributed by atoms with Crippen LogP contribution < -0.4 is 0 Å². The minimum Gasteiger partial charge on any atom is -0.461 e. The van der Waals surface area contributed by atoms with E-state index in [0.29, 0.717) is 48.6 Å². The minimum absolute atomic E-state index is 0.0410. The van der Waals surface area contributed by atoms with Gasteiger partial charge in [-0.3, -0.25) is 19.4 Å². The normalized spacial score (nSPS) is 30.2. The van der Waals surface area contributed by atoms with Crippen molar-refractivity contribution in [3.8, 4) is 0 Å². The third kappa shape index (κ3) is 9.49. The van der Waals surface area contributed by atoms with Gasteiger partial charge in [-0.1, -0.05) is 54.4 Å². The monoisotopic (exact) mass is 480 g/mol. The lowest BCUT2D eigenvalue weighted by Crippen LogP contribution is -2.41. The van der Waals surface area contributed by atoms with Gasteiger partial charge in [0.25, 0.3) is 0 Å². The number of carbonyl (C=O) groups is 2. The first-order valence-electron chi connectivity index (χ1n) is 13.7. The number of rotatable bonds is 11. The van der Waals surface area contributed by atoms with Crippen molar-refractivity contribution in [2.24, 2.45) is 35.5 Å². The van der Waals surface area contributed by atoms with E-state index in [1.807, 2.05) is 23.9 Å². The second-order valence-corrected chi connectivity index (χ2v) is 12.2. The van der Waals surface area contributed by atoms with Gasteiger partial charge >= 0.3 is 11.9 Å². The van der Waals surface area contributed by atoms with Crippen LogP contribution in [0.15, 0.2) is 0 Å². The van der Waals surface area contributed by atoms with Gasteiger partial charge in [0.1, 0.15) is 12.2 Å². The van der Waals surface area contributed by atoms with Crippen LogP contribution in [-0.4, -0.2) is 74.2 Å². The van der Waals surface area contributed by atoms with Crippen LogP contribution >= 0.6 is 0 Å². The molecule has 6 nitrogen and oxygen atoms in total. The van der Waals surface area contributed by atoms with Crippen LogP contribution in [0, 0.1) is 35.5 Å². The Balaban J connectivity index is 1.71. The second kappa shape index (κ2) is 13.8. The van der Waals surface area contributed by atoms with E-state index in [2.05, 4.69) is 41.5 Å². The van der Waals surface area contributed by atoms with E-state index >= 15 is 0 Å². The molecule has 0 amide bonds. The quantitative estimate of drug-likeness (QED) is 0.394. The van der Waals surface area contributed by atoms with Crippen molar-refractivity contribution < 1.29 is 19.1 Å². The molecule has 0 aromatic heterocycles. The second-order valence-electron chi connectivity index (χ2n) is 12.2. The summed E-state index contributed by atoms with van der Waals surface area (Å²) in [6.45, 7) is 15.4. The molecule has 0 N–H and O–H groups in total. The zero-order valence-electron chi connectivity index (χ0n) is 23.2. The number of esters is 2. The zero-order chi connectivity index (χ0) is 25.4. The molecular formula is C28H52N2O4. The molecule has 0 saturated heterocycles. The lowest BCUT2D eigenvalue weighted by atomic mass is 9.75. The van der Waals surface area contributed by atoms with Crippen molar-refractivity contribution >= 4 is 11.9 Å². The molecule has 0 unspecified atom stereocenters. The fourth-order valence-electron chi connectivity index (χ4n) is 5.85. The maximum Gasteiger partial charge on any atom is 0.320 e. The van der Waals surface area contributed by atoms with E-state index in [4.69, 9.17) is 9.47 Å². The Morgan fingerprint density at radius 3 is 1.38 bits per heavy atom. The highest BCUT2D eigenvalue weighted by Crippen LogP contribution is 2.36. The molecule has 0 spiro atoms. The smallest absolute Gasteiger partial charge is 0.320 e. The molecule has 0 aromatic rings. The molecule has 2 saturated carbocycles. The van der Waals surface area contributed by atoms with Gasteiger partial charge in [0, 0.05) is 13.1 Å². The van der Waals surface area contributed by atoms with Crippen molar-refractivity contribution in [1.82, 2.24) is 9.80 Å². The Morgan fingerprint density at radius 2 is 1.06 bits per heavy atom. The number of hydrogen-bond donors (Lipinski definition) is 0. The van der Waals surface area contributed by atoms with Gasteiger partial charge in [-0.15, -0.1) is 0 Å². The summed E-state index contributed by atoms with van der Waals surface area (Å²) >= 11 is 0. The molecular weight excluding hydrogens is 428 g/mol. The molecule has 6 atom stereocenters. The van der Waals surface area contributed by atoms with Gasteiger partial charge in [-0.05, 0) is 75.3 Å². The molecule has 2 fully saturated rings. The average Bonchev–Trinajstić information content (AvgIpc) is 2.71. The third-order valence-electron chi connectivity index (χ3n) is 8.15. The van der Waals surface area contributed by atoms with Gasteiger partial charge in [0.15, 0.2) is 0 Å². The van der Waals surface area contributed by atoms with Crippen LogP contribution in [0.2, 0.25) is 0 Å². The van der Waals surface area contributed by atoms with Gasteiger partial charge in [0.2, 0.25) is 0 Å². The molecule has 0 bridgehead atoms. The molecule has 0 heterocycles. The molecule has 0 aliphatic heterocycles. The summed E-state index contributed by atoms with van der Waals surface area (Å²) in [5.74, 6) is 2.95. The van der Waals surface area contributed by atoms with E-state index < -0.39 is 0 Å². The van der Waals surface area contributed by atoms with Crippen LogP contribution in [0.3, 0.4) is 0 Å². The van der Waals surface area contributed by atoms with Crippen LogP contribution in [0.25, 0.3) is 0 Å². The Morgan fingerprint density at radius 1 is 0.706 bits per heavy atom. The first-order chi connectivity index (χ1) is 16.0. The average molecular weight is 481 g/mol. The van der Waals surface area contributed by atoms with Gasteiger partial charge in [-0.2, -0.15) is 0 Å². The number of nitrogens with zero attached hydrogens (tertiary/aromatic N) is 2. The summed E-state index contributed by atoms with van der Waals surface area (Å²) in [6, 6.07) is 0. The topological polar surface area (TPSA) is 59.1 Å². The standard InChI is InChI=1S/C28H52N2O4/c1-19(2)23-11-9-21(5)15-25(23)33-27(31)17-29(7)13-14-30(8)18-28(32)34-26-16-22(6)10-12-24(26)20(3)4/h19-26H,9-18H2,1-8H3/t21-,22-,23+,24+,25-,26-/m1/s1. The lowest BCUT2D eigenvalue weighted by Gasteiger charge is -2.37. The van der Waals surface area contributed by atoms with Crippen molar-refractivity contribution in [2.75, 3.05) is 40.3 Å². The molecule has 198 valence electrons. The number of hydrogen-bond acceptors (Lipinski definition) is 6. The van der Waals surface area contributed by atoms with Gasteiger partial charge in [0.05, 0.1) is 13.1 Å². The molecule has 2 rings (SSSR count). The summed E-state index contributed by atoms with van der Waals surface area (Å²) in [6.07, 6.45) is 6.77. The number of carbonyl (C=O) groups excluding carboxylic acids is 2. The van der Waals surface area contributed by atoms with Gasteiger partial charge in [-0.25, -0.2) is 0 Å². The van der Waals surface area contributed by atoms with E-state index in [1.165, 1.54) is 12.8 Å². The molecule has 34 heavy (non-hydrogen) atoms. The van der Waals surface area contributed by atoms with Crippen molar-refractivity contribution in [2.45, 2.75) is 92.3 Å². The Kier molecular flexibility index (Phi) is 11.8. The summed E-state index contributed by atoms with van der Waals surface area (Å²) in [4.78, 5) is 29.2. The maximum atomic E-state index is 12.6. The predicted octanol–water partition coefficient (Wildman–Crippen LogP) is 4.86. The molecule has 2 aliphatic rings. The lowest BCUT2D eigenvalue weighted by molar-refractivity contribution is -0.158. The predicted molar refractivity (Wildman–Crippen MR) is 137 cm³/mol. The summed E-state index contributed by atoms with van der Waals surface area (Å²) < 4.78 is 11.9. The first kappa shape index (κ1) is 29.1. The SMILES string of the molecule is CC(C)[C@@H]1CC[C@@H](C)C[C@H]1OC(=O)CN(C)CCN(C)CC(=O)O[C@@H]1C[C@H](C)CC[C@H]1C(C)C. The Bertz CT molecular complexity index is 584. The highest BCUT2D eigenvalue weighted by molar-refractivity contribution is 5.72. The fourth-order valence-corrected chi connectivity index (χ4v) is 5.85. The van der Waals surface area contributed by atoms with Crippen LogP contribution in [0.4, 0.5) is 0 Å². The maximum absolute atomic E-state index is 12.6. The van der Waals surface area contributed by atoms with Crippen molar-refractivity contribution in [3.63, 3.8) is 0 Å². The minimum atomic E-state index is -0.138. The largest absolute Gasteiger partial charge is 0.461 e. The summed E-state index contributed by atoms with van der Waals surface area (Å²) in [5.41, 5.74) is 0. The van der Waals surface area contributed by atoms with Crippen molar-refractivity contribution in [3.05, 3.63) is 0 Å². The first-order valence-corrected chi connectivity index (χ1v) is 13.7. The number of ether oxygens (including phenoxy) is 2. The Hall–Kier alpha value is -1.14. The van der Waals surface area contributed by atoms with Gasteiger partial charge < -0.3 is 9.47 Å².